The molecule has 0 bridgehead atoms. The monoisotopic (exact) mass is 387 g/mol. The van der Waals surface area contributed by atoms with Gasteiger partial charge in [-0.25, -0.2) is 4.98 Å². The van der Waals surface area contributed by atoms with Gasteiger partial charge in [0, 0.05) is 12.0 Å². The summed E-state index contributed by atoms with van der Waals surface area (Å²) in [4.78, 5) is 19.0. The fraction of sp³-hybridized carbons (Fsp3) is 0.778. The Kier molecular flexibility index (Phi) is 7.68. The number of carbonyl (C=O) groups excluding carboxylic acids is 1. The van der Waals surface area contributed by atoms with Gasteiger partial charge in [0.2, 0.25) is 5.91 Å². The quantitative estimate of drug-likeness (QED) is 0.784. The van der Waals surface area contributed by atoms with E-state index in [2.05, 4.69) is 17.6 Å². The third-order valence-corrected chi connectivity index (χ3v) is 6.46. The van der Waals surface area contributed by atoms with E-state index in [1.807, 2.05) is 0 Å². The smallest absolute Gasteiger partial charge is 0.234 e. The maximum atomic E-state index is 12.9. The van der Waals surface area contributed by atoms with Crippen LogP contribution in [0.5, 0.6) is 0 Å². The molecular weight excluding hydrogens is 358 g/mol. The second-order valence-corrected chi connectivity index (χ2v) is 8.29. The molecule has 0 aromatic carbocycles. The molecule has 7 heteroatoms. The summed E-state index contributed by atoms with van der Waals surface area (Å²) in [5.41, 5.74) is 0.783. The van der Waals surface area contributed by atoms with Crippen molar-refractivity contribution in [2.45, 2.75) is 51.9 Å². The number of amides is 1. The van der Waals surface area contributed by atoms with Crippen molar-refractivity contribution in [2.75, 3.05) is 32.1 Å². The molecule has 1 atom stereocenters. The van der Waals surface area contributed by atoms with E-state index in [1.165, 1.54) is 29.8 Å². The van der Waals surface area contributed by atoms with Crippen molar-refractivity contribution in [1.29, 1.82) is 0 Å². The second-order valence-electron chi connectivity index (χ2n) is 7.20. The molecule has 0 saturated carbocycles. The first kappa shape index (κ1) is 20.6. The molecule has 0 radical (unpaired) electrons. The topological polar surface area (TPSA) is 63.2 Å². The minimum atomic E-state index is -0.420. The van der Waals surface area contributed by atoms with Gasteiger partial charge in [-0.05, 0) is 51.1 Å². The van der Waals surface area contributed by atoms with Crippen molar-refractivity contribution in [3.8, 4) is 0 Å². The number of nitrogens with zero attached hydrogens (tertiary/aromatic N) is 1. The van der Waals surface area contributed by atoms with Gasteiger partial charge in [-0.2, -0.15) is 0 Å². The summed E-state index contributed by atoms with van der Waals surface area (Å²) in [6.45, 7) is 4.46. The number of anilines is 1. The summed E-state index contributed by atoms with van der Waals surface area (Å²) in [6, 6.07) is 0. The van der Waals surface area contributed by atoms with E-state index in [4.69, 9.17) is 9.72 Å². The average Bonchev–Trinajstić information content (AvgIpc) is 2.98. The molecule has 1 unspecified atom stereocenters. The number of rotatable bonds is 6. The number of hydrogen-bond donors (Lipinski definition) is 2. The standard InChI is InChI=1S/C18H29N3O2S.ClH/c1-3-4-13-5-6-14-15(11-13)24-17(20-14)21-16(22)18(12-23-2)7-9-19-10-8-18;/h13,19H,3-12H2,1-2H3,(H,20,21,22);1H. The van der Waals surface area contributed by atoms with Gasteiger partial charge in [0.05, 0.1) is 17.7 Å². The molecule has 25 heavy (non-hydrogen) atoms. The number of fused-ring (bicyclic) bond motifs is 1. The first-order valence-electron chi connectivity index (χ1n) is 9.16. The summed E-state index contributed by atoms with van der Waals surface area (Å²) >= 11 is 1.67. The highest BCUT2D eigenvalue weighted by Gasteiger charge is 2.40. The van der Waals surface area contributed by atoms with Crippen LogP contribution in [0.2, 0.25) is 0 Å². The van der Waals surface area contributed by atoms with Crippen molar-refractivity contribution < 1.29 is 9.53 Å². The normalized spacial score (nSPS) is 21.9. The molecule has 2 heterocycles. The van der Waals surface area contributed by atoms with Crippen molar-refractivity contribution >= 4 is 34.8 Å². The minimum absolute atomic E-state index is 0. The van der Waals surface area contributed by atoms with Crippen LogP contribution in [0, 0.1) is 11.3 Å². The van der Waals surface area contributed by atoms with Crippen LogP contribution in [-0.4, -0.2) is 37.7 Å². The van der Waals surface area contributed by atoms with E-state index in [-0.39, 0.29) is 18.3 Å². The van der Waals surface area contributed by atoms with Gasteiger partial charge in [0.15, 0.2) is 5.13 Å². The lowest BCUT2D eigenvalue weighted by Crippen LogP contribution is -2.47. The summed E-state index contributed by atoms with van der Waals surface area (Å²) < 4.78 is 5.36. The van der Waals surface area contributed by atoms with Crippen molar-refractivity contribution in [2.24, 2.45) is 11.3 Å². The molecule has 5 nitrogen and oxygen atoms in total. The molecule has 2 N–H and O–H groups in total. The van der Waals surface area contributed by atoms with Crippen LogP contribution in [0.4, 0.5) is 5.13 Å². The third kappa shape index (κ3) is 4.73. The lowest BCUT2D eigenvalue weighted by molar-refractivity contribution is -0.130. The van der Waals surface area contributed by atoms with E-state index in [0.717, 1.165) is 49.8 Å². The molecule has 142 valence electrons. The summed E-state index contributed by atoms with van der Waals surface area (Å²) in [7, 11) is 1.67. The lowest BCUT2D eigenvalue weighted by Gasteiger charge is -2.35. The van der Waals surface area contributed by atoms with E-state index >= 15 is 0 Å². The summed E-state index contributed by atoms with van der Waals surface area (Å²) in [5, 5.41) is 7.20. The van der Waals surface area contributed by atoms with Crippen LogP contribution in [0.3, 0.4) is 0 Å². The van der Waals surface area contributed by atoms with Gasteiger partial charge in [-0.1, -0.05) is 19.8 Å². The molecule has 1 saturated heterocycles. The summed E-state index contributed by atoms with van der Waals surface area (Å²) in [5.74, 6) is 0.859. The predicted molar refractivity (Wildman–Crippen MR) is 105 cm³/mol. The number of nitrogens with one attached hydrogen (secondary N) is 2. The fourth-order valence-electron chi connectivity index (χ4n) is 4.00. The maximum Gasteiger partial charge on any atom is 0.234 e. The highest BCUT2D eigenvalue weighted by atomic mass is 35.5. The Morgan fingerprint density at radius 3 is 2.88 bits per heavy atom. The number of piperidine rings is 1. The Morgan fingerprint density at radius 2 is 2.20 bits per heavy atom. The molecule has 2 aliphatic rings. The number of aromatic nitrogens is 1. The van der Waals surface area contributed by atoms with Crippen LogP contribution in [0.15, 0.2) is 0 Å². The van der Waals surface area contributed by atoms with Gasteiger partial charge in [-0.15, -0.1) is 23.7 Å². The zero-order valence-electron chi connectivity index (χ0n) is 15.2. The number of ether oxygens (including phenoxy) is 1. The Bertz CT molecular complexity index is 567. The van der Waals surface area contributed by atoms with E-state index in [1.54, 1.807) is 18.4 Å². The Labute approximate surface area is 160 Å². The predicted octanol–water partition coefficient (Wildman–Crippen LogP) is 3.42. The van der Waals surface area contributed by atoms with E-state index in [9.17, 15) is 4.79 Å². The molecular formula is C18H30ClN3O2S. The average molecular weight is 388 g/mol. The van der Waals surface area contributed by atoms with Crippen molar-refractivity contribution in [3.63, 3.8) is 0 Å². The second kappa shape index (κ2) is 9.31. The minimum Gasteiger partial charge on any atom is -0.384 e. The first-order chi connectivity index (χ1) is 11.7. The molecule has 1 aliphatic heterocycles. The SMILES string of the molecule is CCCC1CCc2nc(NC(=O)C3(COC)CCNCC3)sc2C1.Cl. The Morgan fingerprint density at radius 1 is 1.44 bits per heavy atom. The number of methoxy groups -OCH3 is 1. The number of thiazole rings is 1. The number of carbonyl (C=O) groups is 1. The highest BCUT2D eigenvalue weighted by molar-refractivity contribution is 7.15. The largest absolute Gasteiger partial charge is 0.384 e. The van der Waals surface area contributed by atoms with Crippen LogP contribution in [-0.2, 0) is 22.4 Å². The van der Waals surface area contributed by atoms with Crippen molar-refractivity contribution in [1.82, 2.24) is 10.3 Å². The first-order valence-corrected chi connectivity index (χ1v) is 9.98. The molecule has 3 rings (SSSR count). The van der Waals surface area contributed by atoms with Crippen LogP contribution < -0.4 is 10.6 Å². The van der Waals surface area contributed by atoms with Gasteiger partial charge in [0.1, 0.15) is 0 Å². The molecule has 0 spiro atoms. The fourth-order valence-corrected chi connectivity index (χ4v) is 5.12. The van der Waals surface area contributed by atoms with Gasteiger partial charge >= 0.3 is 0 Å². The number of hydrogen-bond acceptors (Lipinski definition) is 5. The molecule has 1 amide bonds. The zero-order valence-corrected chi connectivity index (χ0v) is 16.9. The van der Waals surface area contributed by atoms with Crippen LogP contribution in [0.1, 0.15) is 49.6 Å². The van der Waals surface area contributed by atoms with Crippen molar-refractivity contribution in [3.05, 3.63) is 10.6 Å². The van der Waals surface area contributed by atoms with Crippen LogP contribution in [0.25, 0.3) is 0 Å². The van der Waals surface area contributed by atoms with E-state index in [0.29, 0.717) is 6.61 Å². The Balaban J connectivity index is 0.00000225. The lowest BCUT2D eigenvalue weighted by atomic mass is 9.79. The van der Waals surface area contributed by atoms with Gasteiger partial charge < -0.3 is 15.4 Å². The number of aryl methyl sites for hydroxylation is 1. The summed E-state index contributed by atoms with van der Waals surface area (Å²) in [6.07, 6.45) is 7.59. The molecule has 1 aromatic rings. The molecule has 1 fully saturated rings. The number of halogens is 1. The zero-order chi connectivity index (χ0) is 17.0. The highest BCUT2D eigenvalue weighted by Crippen LogP contribution is 2.36. The maximum absolute atomic E-state index is 12.9. The van der Waals surface area contributed by atoms with Crippen LogP contribution >= 0.6 is 23.7 Å². The molecule has 1 aromatic heterocycles. The third-order valence-electron chi connectivity index (χ3n) is 5.42. The van der Waals surface area contributed by atoms with E-state index < -0.39 is 5.41 Å². The molecule has 1 aliphatic carbocycles. The van der Waals surface area contributed by atoms with Gasteiger partial charge in [-0.3, -0.25) is 4.79 Å². The Hall–Kier alpha value is -0.690. The van der Waals surface area contributed by atoms with Gasteiger partial charge in [0.25, 0.3) is 0 Å².